The Morgan fingerprint density at radius 3 is 2.32 bits per heavy atom. The number of hydrogen-bond donors (Lipinski definition) is 6. The van der Waals surface area contributed by atoms with Gasteiger partial charge in [-0.3, -0.25) is 0 Å². The van der Waals surface area contributed by atoms with Crippen LogP contribution in [-0.2, 0) is 10.9 Å². The summed E-state index contributed by atoms with van der Waals surface area (Å²) in [6.45, 7) is 1.61. The third-order valence-electron chi connectivity index (χ3n) is 3.53. The van der Waals surface area contributed by atoms with Crippen molar-refractivity contribution in [1.29, 1.82) is 0 Å². The molecule has 0 aliphatic carbocycles. The SMILES string of the molecule is CCC[C@@H](O)[C@H](O)[C@H](O)C[S+]1C[C@@H](O)[C@H](O)[C@H]1CO. The van der Waals surface area contributed by atoms with Crippen LogP contribution in [0.2, 0.25) is 0 Å². The van der Waals surface area contributed by atoms with Gasteiger partial charge in [-0.25, -0.2) is 0 Å². The van der Waals surface area contributed by atoms with Crippen molar-refractivity contribution in [3.63, 3.8) is 0 Å². The summed E-state index contributed by atoms with van der Waals surface area (Å²) in [5, 5.41) is 57.3. The molecule has 1 unspecified atom stereocenters. The zero-order chi connectivity index (χ0) is 14.6. The molecule has 0 amide bonds. The van der Waals surface area contributed by atoms with Crippen molar-refractivity contribution >= 4 is 10.9 Å². The summed E-state index contributed by atoms with van der Waals surface area (Å²) in [6.07, 6.45) is -4.11. The Bertz CT molecular complexity index is 267. The van der Waals surface area contributed by atoms with E-state index in [1.54, 1.807) is 0 Å². The molecule has 1 rings (SSSR count). The Morgan fingerprint density at radius 1 is 1.16 bits per heavy atom. The van der Waals surface area contributed by atoms with Crippen molar-refractivity contribution in [2.45, 2.75) is 55.5 Å². The van der Waals surface area contributed by atoms with E-state index in [1.165, 1.54) is 0 Å². The second-order valence-corrected chi connectivity index (χ2v) is 7.41. The zero-order valence-electron chi connectivity index (χ0n) is 11.1. The molecular formula is C12H25O6S+. The molecule has 7 atom stereocenters. The van der Waals surface area contributed by atoms with E-state index in [0.29, 0.717) is 18.6 Å². The van der Waals surface area contributed by atoms with Gasteiger partial charge >= 0.3 is 0 Å². The molecule has 1 saturated heterocycles. The molecule has 0 radical (unpaired) electrons. The lowest BCUT2D eigenvalue weighted by Gasteiger charge is -2.22. The van der Waals surface area contributed by atoms with Crippen LogP contribution in [-0.4, -0.2) is 84.5 Å². The van der Waals surface area contributed by atoms with Crippen molar-refractivity contribution < 1.29 is 30.6 Å². The lowest BCUT2D eigenvalue weighted by Crippen LogP contribution is -2.44. The minimum Gasteiger partial charge on any atom is -0.391 e. The summed E-state index contributed by atoms with van der Waals surface area (Å²) in [5.74, 6) is 0.474. The van der Waals surface area contributed by atoms with E-state index in [1.807, 2.05) is 6.92 Å². The van der Waals surface area contributed by atoms with Crippen LogP contribution in [0.3, 0.4) is 0 Å². The third kappa shape index (κ3) is 4.29. The first kappa shape index (κ1) is 17.2. The predicted octanol–water partition coefficient (Wildman–Crippen LogP) is -2.42. The maximum absolute atomic E-state index is 9.91. The van der Waals surface area contributed by atoms with Gasteiger partial charge in [-0.15, -0.1) is 0 Å². The second kappa shape index (κ2) is 7.78. The lowest BCUT2D eigenvalue weighted by atomic mass is 10.1. The maximum atomic E-state index is 9.91. The fourth-order valence-electron chi connectivity index (χ4n) is 2.33. The Morgan fingerprint density at radius 2 is 1.79 bits per heavy atom. The normalized spacial score (nSPS) is 36.2. The van der Waals surface area contributed by atoms with Crippen molar-refractivity contribution in [3.05, 3.63) is 0 Å². The number of rotatable bonds is 7. The molecule has 1 fully saturated rings. The van der Waals surface area contributed by atoms with Gasteiger partial charge < -0.3 is 30.6 Å². The maximum Gasteiger partial charge on any atom is 0.169 e. The lowest BCUT2D eigenvalue weighted by molar-refractivity contribution is -0.0529. The van der Waals surface area contributed by atoms with Crippen molar-refractivity contribution in [3.8, 4) is 0 Å². The summed E-state index contributed by atoms with van der Waals surface area (Å²) >= 11 is 0. The van der Waals surface area contributed by atoms with Gasteiger partial charge in [0.25, 0.3) is 0 Å². The van der Waals surface area contributed by atoms with Gasteiger partial charge in [0.05, 0.1) is 12.7 Å². The number of aliphatic hydroxyl groups is 6. The first-order chi connectivity index (χ1) is 8.92. The second-order valence-electron chi connectivity index (χ2n) is 5.06. The van der Waals surface area contributed by atoms with Crippen LogP contribution >= 0.6 is 0 Å². The van der Waals surface area contributed by atoms with Gasteiger partial charge in [0, 0.05) is 10.9 Å². The Balaban J connectivity index is 2.54. The number of aliphatic hydroxyl groups excluding tert-OH is 6. The van der Waals surface area contributed by atoms with Crippen molar-refractivity contribution in [1.82, 2.24) is 0 Å². The molecule has 0 bridgehead atoms. The Kier molecular flexibility index (Phi) is 7.02. The van der Waals surface area contributed by atoms with Gasteiger partial charge in [-0.1, -0.05) is 13.3 Å². The molecular weight excluding hydrogens is 272 g/mol. The zero-order valence-corrected chi connectivity index (χ0v) is 11.9. The highest BCUT2D eigenvalue weighted by molar-refractivity contribution is 7.97. The molecule has 0 aromatic carbocycles. The Hall–Kier alpha value is 0.110. The molecule has 19 heavy (non-hydrogen) atoms. The Labute approximate surface area is 116 Å². The minimum absolute atomic E-state index is 0.168. The van der Waals surface area contributed by atoms with Crippen molar-refractivity contribution in [2.24, 2.45) is 0 Å². The van der Waals surface area contributed by atoms with E-state index in [0.717, 1.165) is 0 Å². The van der Waals surface area contributed by atoms with Gasteiger partial charge in [0.1, 0.15) is 35.9 Å². The molecule has 1 heterocycles. The largest absolute Gasteiger partial charge is 0.391 e. The van der Waals surface area contributed by atoms with Crippen LogP contribution in [0.1, 0.15) is 19.8 Å². The molecule has 1 aliphatic heterocycles. The summed E-state index contributed by atoms with van der Waals surface area (Å²) in [5.41, 5.74) is 0. The fraction of sp³-hybridized carbons (Fsp3) is 1.00. The van der Waals surface area contributed by atoms with E-state index in [2.05, 4.69) is 0 Å². The molecule has 7 heteroatoms. The average molecular weight is 297 g/mol. The molecule has 0 aromatic heterocycles. The molecule has 6 nitrogen and oxygen atoms in total. The molecule has 1 aliphatic rings. The summed E-state index contributed by atoms with van der Waals surface area (Å²) in [7, 11) is -0.568. The van der Waals surface area contributed by atoms with Gasteiger partial charge in [0.15, 0.2) is 5.25 Å². The monoisotopic (exact) mass is 297 g/mol. The minimum atomic E-state index is -1.23. The highest BCUT2D eigenvalue weighted by Crippen LogP contribution is 2.25. The van der Waals surface area contributed by atoms with E-state index in [4.69, 9.17) is 0 Å². The van der Waals surface area contributed by atoms with E-state index in [-0.39, 0.29) is 12.4 Å². The van der Waals surface area contributed by atoms with E-state index in [9.17, 15) is 30.6 Å². The van der Waals surface area contributed by atoms with Crippen LogP contribution < -0.4 is 0 Å². The van der Waals surface area contributed by atoms with Crippen LogP contribution in [0, 0.1) is 0 Å². The van der Waals surface area contributed by atoms with Crippen LogP contribution in [0.25, 0.3) is 0 Å². The number of hydrogen-bond acceptors (Lipinski definition) is 6. The van der Waals surface area contributed by atoms with Crippen LogP contribution in [0.4, 0.5) is 0 Å². The summed E-state index contributed by atoms with van der Waals surface area (Å²) in [4.78, 5) is 0. The predicted molar refractivity (Wildman–Crippen MR) is 72.9 cm³/mol. The van der Waals surface area contributed by atoms with Crippen LogP contribution in [0.15, 0.2) is 0 Å². The van der Waals surface area contributed by atoms with Gasteiger partial charge in [0.2, 0.25) is 0 Å². The highest BCUT2D eigenvalue weighted by Gasteiger charge is 2.50. The average Bonchev–Trinajstić information content (AvgIpc) is 2.63. The molecule has 0 spiro atoms. The highest BCUT2D eigenvalue weighted by atomic mass is 32.2. The van der Waals surface area contributed by atoms with Crippen LogP contribution in [0.5, 0.6) is 0 Å². The molecule has 6 N–H and O–H groups in total. The fourth-order valence-corrected chi connectivity index (χ4v) is 5.02. The van der Waals surface area contributed by atoms with Crippen molar-refractivity contribution in [2.75, 3.05) is 18.1 Å². The van der Waals surface area contributed by atoms with E-state index >= 15 is 0 Å². The smallest absolute Gasteiger partial charge is 0.169 e. The summed E-state index contributed by atoms with van der Waals surface area (Å²) < 4.78 is 0. The van der Waals surface area contributed by atoms with Gasteiger partial charge in [-0.2, -0.15) is 0 Å². The summed E-state index contributed by atoms with van der Waals surface area (Å²) in [6, 6.07) is 0. The molecule has 0 saturated carbocycles. The first-order valence-corrected chi connectivity index (χ1v) is 8.22. The molecule has 0 aromatic rings. The topological polar surface area (TPSA) is 121 Å². The molecule has 114 valence electrons. The first-order valence-electron chi connectivity index (χ1n) is 6.59. The third-order valence-corrected chi connectivity index (χ3v) is 6.35. The van der Waals surface area contributed by atoms with Gasteiger partial charge in [-0.05, 0) is 6.42 Å². The van der Waals surface area contributed by atoms with E-state index < -0.39 is 46.7 Å². The standard InChI is InChI=1S/C12H25O6S/c1-2-3-7(14)11(17)8(15)5-19-6-9(16)12(18)10(19)4-13/h7-18H,2-6H2,1H3/q+1/t7-,8-,9-,10-,11+,12+,19?/m1/s1. The quantitative estimate of drug-likeness (QED) is 0.291.